The fraction of sp³-hybridized carbons (Fsp3) is 0.286. The first-order chi connectivity index (χ1) is 10.2. The minimum atomic E-state index is -0.143. The lowest BCUT2D eigenvalue weighted by Gasteiger charge is -2.12. The number of anilines is 1. The molecule has 0 amide bonds. The number of ether oxygens (including phenoxy) is 1. The Morgan fingerprint density at radius 1 is 1.29 bits per heavy atom. The minimum Gasteiger partial charge on any atom is -0.373 e. The van der Waals surface area contributed by atoms with Crippen LogP contribution in [-0.2, 0) is 4.74 Å². The van der Waals surface area contributed by atoms with Crippen molar-refractivity contribution in [2.45, 2.75) is 13.2 Å². The van der Waals surface area contributed by atoms with Gasteiger partial charge in [-0.1, -0.05) is 0 Å². The van der Waals surface area contributed by atoms with E-state index < -0.39 is 0 Å². The first kappa shape index (κ1) is 13.4. The van der Waals surface area contributed by atoms with Crippen LogP contribution in [0.15, 0.2) is 30.9 Å². The largest absolute Gasteiger partial charge is 0.373 e. The van der Waals surface area contributed by atoms with Crippen molar-refractivity contribution < 1.29 is 4.74 Å². The zero-order valence-electron chi connectivity index (χ0n) is 12.1. The summed E-state index contributed by atoms with van der Waals surface area (Å²) in [5.41, 5.74) is 2.32. The second-order valence-electron chi connectivity index (χ2n) is 4.54. The van der Waals surface area contributed by atoms with Crippen LogP contribution in [0, 0.1) is 0 Å². The molecule has 0 aliphatic rings. The first-order valence-corrected chi connectivity index (χ1v) is 6.60. The van der Waals surface area contributed by atoms with Crippen molar-refractivity contribution in [2.75, 3.05) is 19.5 Å². The summed E-state index contributed by atoms with van der Waals surface area (Å²) in [5, 5.41) is 3.05. The molecule has 0 spiro atoms. The maximum atomic E-state index is 5.33. The van der Waals surface area contributed by atoms with Gasteiger partial charge in [0.2, 0.25) is 0 Å². The van der Waals surface area contributed by atoms with Gasteiger partial charge in [0.25, 0.3) is 0 Å². The van der Waals surface area contributed by atoms with Crippen molar-refractivity contribution in [1.82, 2.24) is 24.5 Å². The number of imidazole rings is 1. The highest BCUT2D eigenvalue weighted by atomic mass is 16.5. The zero-order chi connectivity index (χ0) is 14.8. The Labute approximate surface area is 122 Å². The van der Waals surface area contributed by atoms with Gasteiger partial charge in [0.15, 0.2) is 11.5 Å². The van der Waals surface area contributed by atoms with Crippen LogP contribution in [0.1, 0.15) is 13.2 Å². The average molecular weight is 284 g/mol. The summed E-state index contributed by atoms with van der Waals surface area (Å²) in [5.74, 6) is 1.34. The number of fused-ring (bicyclic) bond motifs is 1. The summed E-state index contributed by atoms with van der Waals surface area (Å²) < 4.78 is 7.20. The second-order valence-corrected chi connectivity index (χ2v) is 4.54. The third-order valence-corrected chi connectivity index (χ3v) is 3.33. The highest BCUT2D eigenvalue weighted by Gasteiger charge is 2.13. The van der Waals surface area contributed by atoms with Crippen LogP contribution in [0.2, 0.25) is 0 Å². The summed E-state index contributed by atoms with van der Waals surface area (Å²) in [7, 11) is 3.47. The smallest absolute Gasteiger partial charge is 0.166 e. The number of methoxy groups -OCH3 is 1. The van der Waals surface area contributed by atoms with E-state index in [2.05, 4.69) is 25.3 Å². The fourth-order valence-corrected chi connectivity index (χ4v) is 2.12. The highest BCUT2D eigenvalue weighted by Crippen LogP contribution is 2.24. The molecule has 0 aliphatic heterocycles. The van der Waals surface area contributed by atoms with Gasteiger partial charge < -0.3 is 10.1 Å². The number of rotatable bonds is 4. The monoisotopic (exact) mass is 284 g/mol. The molecule has 0 radical (unpaired) electrons. The Bertz CT molecular complexity index is 769. The van der Waals surface area contributed by atoms with Gasteiger partial charge in [-0.3, -0.25) is 4.57 Å². The summed E-state index contributed by atoms with van der Waals surface area (Å²) in [6.07, 6.45) is 5.00. The molecule has 3 aromatic heterocycles. The maximum absolute atomic E-state index is 5.33. The maximum Gasteiger partial charge on any atom is 0.166 e. The Morgan fingerprint density at radius 2 is 2.14 bits per heavy atom. The lowest BCUT2D eigenvalue weighted by atomic mass is 10.2. The molecule has 0 aliphatic carbocycles. The Morgan fingerprint density at radius 3 is 2.90 bits per heavy atom. The SMILES string of the molecule is CNc1ncccc1-c1ncc2ncn(C(C)OC)c2n1. The van der Waals surface area contributed by atoms with Gasteiger partial charge in [-0.25, -0.2) is 19.9 Å². The number of hydrogen-bond donors (Lipinski definition) is 1. The molecule has 0 saturated carbocycles. The van der Waals surface area contributed by atoms with E-state index in [9.17, 15) is 0 Å². The van der Waals surface area contributed by atoms with Gasteiger partial charge in [-0.15, -0.1) is 0 Å². The van der Waals surface area contributed by atoms with Crippen LogP contribution in [-0.4, -0.2) is 38.7 Å². The van der Waals surface area contributed by atoms with Crippen LogP contribution in [0.4, 0.5) is 5.82 Å². The van der Waals surface area contributed by atoms with E-state index in [0.717, 1.165) is 22.5 Å². The van der Waals surface area contributed by atoms with E-state index in [4.69, 9.17) is 4.74 Å². The quantitative estimate of drug-likeness (QED) is 0.790. The van der Waals surface area contributed by atoms with E-state index in [1.54, 1.807) is 25.8 Å². The van der Waals surface area contributed by atoms with E-state index in [0.29, 0.717) is 5.82 Å². The molecule has 1 N–H and O–H groups in total. The van der Waals surface area contributed by atoms with Gasteiger partial charge >= 0.3 is 0 Å². The number of aromatic nitrogens is 5. The van der Waals surface area contributed by atoms with Crippen molar-refractivity contribution >= 4 is 17.0 Å². The van der Waals surface area contributed by atoms with Crippen molar-refractivity contribution in [3.63, 3.8) is 0 Å². The molecule has 1 atom stereocenters. The summed E-state index contributed by atoms with van der Waals surface area (Å²) >= 11 is 0. The molecule has 1 unspecified atom stereocenters. The second kappa shape index (κ2) is 5.45. The molecule has 3 aromatic rings. The van der Waals surface area contributed by atoms with Gasteiger partial charge in [0, 0.05) is 20.4 Å². The number of nitrogens with zero attached hydrogens (tertiary/aromatic N) is 5. The molecule has 21 heavy (non-hydrogen) atoms. The number of nitrogens with one attached hydrogen (secondary N) is 1. The Hall–Kier alpha value is -2.54. The molecule has 0 fully saturated rings. The molecule has 7 nitrogen and oxygen atoms in total. The normalized spacial score (nSPS) is 12.5. The molecule has 3 heterocycles. The van der Waals surface area contributed by atoms with E-state index >= 15 is 0 Å². The lowest BCUT2D eigenvalue weighted by molar-refractivity contribution is 0.0633. The molecule has 0 aromatic carbocycles. The van der Waals surface area contributed by atoms with Gasteiger partial charge in [0.1, 0.15) is 17.6 Å². The predicted octanol–water partition coefficient (Wildman–Crippen LogP) is 2.09. The van der Waals surface area contributed by atoms with E-state index in [1.165, 1.54) is 0 Å². The van der Waals surface area contributed by atoms with Crippen molar-refractivity contribution in [2.24, 2.45) is 0 Å². The summed E-state index contributed by atoms with van der Waals surface area (Å²) in [4.78, 5) is 17.6. The van der Waals surface area contributed by atoms with Crippen LogP contribution in [0.5, 0.6) is 0 Å². The van der Waals surface area contributed by atoms with E-state index in [-0.39, 0.29) is 6.23 Å². The van der Waals surface area contributed by atoms with Crippen LogP contribution in [0.3, 0.4) is 0 Å². The summed E-state index contributed by atoms with van der Waals surface area (Å²) in [6.45, 7) is 1.94. The fourth-order valence-electron chi connectivity index (χ4n) is 2.12. The molecule has 108 valence electrons. The minimum absolute atomic E-state index is 0.143. The van der Waals surface area contributed by atoms with Crippen LogP contribution in [0.25, 0.3) is 22.6 Å². The molecular formula is C14H16N6O. The van der Waals surface area contributed by atoms with Crippen LogP contribution >= 0.6 is 0 Å². The molecule has 0 saturated heterocycles. The van der Waals surface area contributed by atoms with Crippen molar-refractivity contribution in [1.29, 1.82) is 0 Å². The van der Waals surface area contributed by atoms with Crippen molar-refractivity contribution in [3.8, 4) is 11.4 Å². The third-order valence-electron chi connectivity index (χ3n) is 3.33. The van der Waals surface area contributed by atoms with E-state index in [1.807, 2.05) is 30.7 Å². The third kappa shape index (κ3) is 2.31. The topological polar surface area (TPSA) is 77.8 Å². The molecular weight excluding hydrogens is 268 g/mol. The Kier molecular flexibility index (Phi) is 3.49. The molecule has 7 heteroatoms. The summed E-state index contributed by atoms with van der Waals surface area (Å²) in [6, 6.07) is 3.79. The Balaban J connectivity index is 2.16. The highest BCUT2D eigenvalue weighted by molar-refractivity contribution is 5.76. The number of pyridine rings is 1. The molecule has 3 rings (SSSR count). The molecule has 0 bridgehead atoms. The predicted molar refractivity (Wildman–Crippen MR) is 79.8 cm³/mol. The number of hydrogen-bond acceptors (Lipinski definition) is 6. The van der Waals surface area contributed by atoms with Crippen LogP contribution < -0.4 is 5.32 Å². The lowest BCUT2D eigenvalue weighted by Crippen LogP contribution is -2.07. The average Bonchev–Trinajstić information content (AvgIpc) is 2.97. The van der Waals surface area contributed by atoms with Crippen molar-refractivity contribution in [3.05, 3.63) is 30.9 Å². The first-order valence-electron chi connectivity index (χ1n) is 6.60. The van der Waals surface area contributed by atoms with Gasteiger partial charge in [-0.05, 0) is 19.1 Å². The standard InChI is InChI=1S/C14H16N6O/c1-9(21-3)20-8-18-11-7-17-13(19-14(11)20)10-5-4-6-16-12(10)15-2/h4-9H,1-3H3,(H,15,16). The van der Waals surface area contributed by atoms with Gasteiger partial charge in [-0.2, -0.15) is 0 Å². The van der Waals surface area contributed by atoms with Gasteiger partial charge in [0.05, 0.1) is 18.1 Å². The zero-order valence-corrected chi connectivity index (χ0v) is 12.1.